The fraction of sp³-hybridized carbons (Fsp3) is 0.169. The number of para-hydroxylation sites is 1. The summed E-state index contributed by atoms with van der Waals surface area (Å²) in [6.45, 7) is 0. The number of anilines is 3. The van der Waals surface area contributed by atoms with Crippen LogP contribution in [0.4, 0.5) is 17.1 Å². The minimum absolute atomic E-state index is 0.0481. The van der Waals surface area contributed by atoms with E-state index in [0.29, 0.717) is 11.8 Å². The topological polar surface area (TPSA) is 3.24 Å². The van der Waals surface area contributed by atoms with Gasteiger partial charge in [-0.05, 0) is 158 Å². The maximum absolute atomic E-state index is 2.53. The molecule has 0 N–H and O–H groups in total. The highest BCUT2D eigenvalue weighted by Gasteiger charge is 2.62. The third-order valence-electron chi connectivity index (χ3n) is 17.0. The normalized spacial score (nSPS) is 22.1. The Morgan fingerprint density at radius 1 is 0.318 bits per heavy atom. The second-order valence-electron chi connectivity index (χ2n) is 20.0. The third kappa shape index (κ3) is 5.29. The predicted molar refractivity (Wildman–Crippen MR) is 273 cm³/mol. The van der Waals surface area contributed by atoms with E-state index >= 15 is 0 Å². The van der Waals surface area contributed by atoms with Crippen molar-refractivity contribution < 1.29 is 0 Å². The van der Waals surface area contributed by atoms with E-state index < -0.39 is 5.41 Å². The Kier molecular flexibility index (Phi) is 8.45. The largest absolute Gasteiger partial charge is 0.310 e. The van der Waals surface area contributed by atoms with Gasteiger partial charge in [-0.1, -0.05) is 194 Å². The van der Waals surface area contributed by atoms with Crippen molar-refractivity contribution in [1.29, 1.82) is 0 Å². The first-order valence-corrected chi connectivity index (χ1v) is 24.3. The molecule has 1 spiro atoms. The van der Waals surface area contributed by atoms with E-state index in [2.05, 4.69) is 229 Å². The van der Waals surface area contributed by atoms with Gasteiger partial charge >= 0.3 is 0 Å². The van der Waals surface area contributed by atoms with Crippen LogP contribution in [0.3, 0.4) is 0 Å². The molecular weight excluding hydrogens is 795 g/mol. The quantitative estimate of drug-likeness (QED) is 0.154. The van der Waals surface area contributed by atoms with Crippen LogP contribution in [0.2, 0.25) is 0 Å². The van der Waals surface area contributed by atoms with E-state index in [1.807, 2.05) is 0 Å². The van der Waals surface area contributed by atoms with E-state index in [4.69, 9.17) is 0 Å². The van der Waals surface area contributed by atoms with Crippen molar-refractivity contribution in [3.05, 3.63) is 258 Å². The molecule has 0 radical (unpaired) electrons. The smallest absolute Gasteiger partial charge is 0.0713 e. The molecule has 1 nitrogen and oxygen atoms in total. The van der Waals surface area contributed by atoms with Crippen molar-refractivity contribution in [3.63, 3.8) is 0 Å². The summed E-state index contributed by atoms with van der Waals surface area (Å²) in [6.07, 6.45) is 6.90. The van der Waals surface area contributed by atoms with Crippen LogP contribution in [-0.4, -0.2) is 0 Å². The number of benzene rings is 9. The maximum Gasteiger partial charge on any atom is 0.0713 e. The van der Waals surface area contributed by atoms with Crippen molar-refractivity contribution in [1.82, 2.24) is 0 Å². The monoisotopic (exact) mass is 845 g/mol. The van der Waals surface area contributed by atoms with Gasteiger partial charge in [0.2, 0.25) is 0 Å². The number of fused-ring (bicyclic) bond motifs is 6. The first kappa shape index (κ1) is 38.1. The van der Waals surface area contributed by atoms with Crippen molar-refractivity contribution >= 4 is 17.1 Å². The molecule has 9 aromatic rings. The zero-order valence-corrected chi connectivity index (χ0v) is 37.2. The standard InChI is InChI=1S/C65H51N/c1-3-16-45(17-4-1)46-30-34-51(35-31-46)66(52-36-32-48(33-37-52)64(47-18-5-2-6-19-47)59-26-11-7-20-53(59)54-21-8-12-27-60(54)64)62-29-14-10-23-56(62)58-25-15-24-57-55-22-9-13-28-61(55)65(63(57)58)49-39-43-38-44(41-49)42-50(65)40-43/h1-37,43-44,49-50H,38-42H2. The summed E-state index contributed by atoms with van der Waals surface area (Å²) in [4.78, 5) is 2.53. The van der Waals surface area contributed by atoms with Gasteiger partial charge in [0.15, 0.2) is 0 Å². The molecule has 316 valence electrons. The molecule has 6 aliphatic rings. The van der Waals surface area contributed by atoms with Gasteiger partial charge in [-0.15, -0.1) is 0 Å². The van der Waals surface area contributed by atoms with Crippen LogP contribution in [0.25, 0.3) is 44.5 Å². The average Bonchev–Trinajstić information content (AvgIpc) is 3.85. The highest BCUT2D eigenvalue weighted by molar-refractivity contribution is 5.95. The lowest BCUT2D eigenvalue weighted by atomic mass is 9.42. The van der Waals surface area contributed by atoms with Crippen molar-refractivity contribution in [2.24, 2.45) is 23.7 Å². The van der Waals surface area contributed by atoms with E-state index in [-0.39, 0.29) is 5.41 Å². The van der Waals surface area contributed by atoms with Crippen LogP contribution in [-0.2, 0) is 10.8 Å². The minimum atomic E-state index is -0.459. The summed E-state index contributed by atoms with van der Waals surface area (Å²) < 4.78 is 0. The zero-order chi connectivity index (χ0) is 43.4. The molecule has 0 unspecified atom stereocenters. The van der Waals surface area contributed by atoms with Crippen LogP contribution >= 0.6 is 0 Å². The van der Waals surface area contributed by atoms with Gasteiger partial charge in [-0.25, -0.2) is 0 Å². The number of hydrogen-bond donors (Lipinski definition) is 0. The molecule has 0 aromatic heterocycles. The average molecular weight is 846 g/mol. The van der Waals surface area contributed by atoms with Crippen LogP contribution in [0.1, 0.15) is 65.5 Å². The SMILES string of the molecule is c1ccc(-c2ccc(N(c3ccc(C4(c5ccccc5)c5ccccc5-c5ccccc54)cc3)c3ccccc3-c3cccc4c3C3(c5ccccc5-4)C4CC5CC(C4)CC3C5)cc2)cc1. The first-order valence-electron chi connectivity index (χ1n) is 24.3. The van der Waals surface area contributed by atoms with Crippen LogP contribution in [0.5, 0.6) is 0 Å². The molecule has 0 heterocycles. The Morgan fingerprint density at radius 3 is 1.35 bits per heavy atom. The summed E-state index contributed by atoms with van der Waals surface area (Å²) in [5.41, 5.74) is 22.2. The molecule has 0 atom stereocenters. The number of rotatable bonds is 7. The highest BCUT2D eigenvalue weighted by Crippen LogP contribution is 2.70. The predicted octanol–water partition coefficient (Wildman–Crippen LogP) is 16.6. The molecule has 4 fully saturated rings. The molecule has 9 aromatic carbocycles. The van der Waals surface area contributed by atoms with Gasteiger partial charge in [-0.2, -0.15) is 0 Å². The lowest BCUT2D eigenvalue weighted by molar-refractivity contribution is -0.0397. The molecule has 6 aliphatic carbocycles. The van der Waals surface area contributed by atoms with E-state index in [1.54, 1.807) is 11.1 Å². The van der Waals surface area contributed by atoms with Crippen molar-refractivity contribution in [2.75, 3.05) is 4.90 Å². The van der Waals surface area contributed by atoms with Crippen molar-refractivity contribution in [3.8, 4) is 44.5 Å². The van der Waals surface area contributed by atoms with E-state index in [0.717, 1.165) is 23.2 Å². The van der Waals surface area contributed by atoms with Gasteiger partial charge < -0.3 is 4.90 Å². The summed E-state index contributed by atoms with van der Waals surface area (Å²) in [5.74, 6) is 3.14. The van der Waals surface area contributed by atoms with Gasteiger partial charge in [-0.3, -0.25) is 0 Å². The molecule has 1 heteroatoms. The molecule has 66 heavy (non-hydrogen) atoms. The minimum Gasteiger partial charge on any atom is -0.310 e. The summed E-state index contributed by atoms with van der Waals surface area (Å²) in [5, 5.41) is 0. The summed E-state index contributed by atoms with van der Waals surface area (Å²) in [6, 6.07) is 84.9. The first-order chi connectivity index (χ1) is 32.7. The van der Waals surface area contributed by atoms with Crippen molar-refractivity contribution in [2.45, 2.75) is 42.9 Å². The third-order valence-corrected chi connectivity index (χ3v) is 17.0. The molecule has 15 rings (SSSR count). The Labute approximate surface area is 389 Å². The molecular formula is C65H51N. The number of hydrogen-bond acceptors (Lipinski definition) is 1. The Morgan fingerprint density at radius 2 is 0.742 bits per heavy atom. The second kappa shape index (κ2) is 14.6. The lowest BCUT2D eigenvalue weighted by Gasteiger charge is -2.61. The summed E-state index contributed by atoms with van der Waals surface area (Å²) >= 11 is 0. The molecule has 0 aliphatic heterocycles. The second-order valence-corrected chi connectivity index (χ2v) is 20.0. The lowest BCUT2D eigenvalue weighted by Crippen LogP contribution is -2.55. The van der Waals surface area contributed by atoms with Gasteiger partial charge in [0, 0.05) is 22.4 Å². The van der Waals surface area contributed by atoms with E-state index in [9.17, 15) is 0 Å². The highest BCUT2D eigenvalue weighted by atomic mass is 15.1. The van der Waals surface area contributed by atoms with E-state index in [1.165, 1.54) is 105 Å². The molecule has 0 amide bonds. The van der Waals surface area contributed by atoms with Crippen LogP contribution in [0, 0.1) is 23.7 Å². The fourth-order valence-electron chi connectivity index (χ4n) is 14.8. The molecule has 4 bridgehead atoms. The molecule has 4 saturated carbocycles. The van der Waals surface area contributed by atoms with Crippen LogP contribution < -0.4 is 4.90 Å². The summed E-state index contributed by atoms with van der Waals surface area (Å²) in [7, 11) is 0. The maximum atomic E-state index is 2.53. The molecule has 0 saturated heterocycles. The fourth-order valence-corrected chi connectivity index (χ4v) is 14.8. The number of nitrogens with zero attached hydrogens (tertiary/aromatic N) is 1. The Balaban J connectivity index is 0.971. The Hall–Kier alpha value is -7.22. The zero-order valence-electron chi connectivity index (χ0n) is 37.2. The van der Waals surface area contributed by atoms with Gasteiger partial charge in [0.05, 0.1) is 11.1 Å². The Bertz CT molecular complexity index is 3230. The van der Waals surface area contributed by atoms with Crippen LogP contribution in [0.15, 0.2) is 224 Å². The van der Waals surface area contributed by atoms with Gasteiger partial charge in [0.1, 0.15) is 0 Å². The van der Waals surface area contributed by atoms with Gasteiger partial charge in [0.25, 0.3) is 0 Å².